The van der Waals surface area contributed by atoms with Crippen LogP contribution in [-0.2, 0) is 7.05 Å². The van der Waals surface area contributed by atoms with Crippen LogP contribution in [0.3, 0.4) is 0 Å². The Balaban J connectivity index is 1.71. The quantitative estimate of drug-likeness (QED) is 0.505. The molecule has 1 unspecified atom stereocenters. The Hall–Kier alpha value is -3.75. The van der Waals surface area contributed by atoms with Crippen LogP contribution in [0.1, 0.15) is 36.2 Å². The Morgan fingerprint density at radius 1 is 1.13 bits per heavy atom. The van der Waals surface area contributed by atoms with Gasteiger partial charge in [0.2, 0.25) is 5.43 Å². The van der Waals surface area contributed by atoms with Crippen molar-refractivity contribution < 1.29 is 8.78 Å². The van der Waals surface area contributed by atoms with Crippen molar-refractivity contribution in [2.75, 3.05) is 0 Å². The summed E-state index contributed by atoms with van der Waals surface area (Å²) in [6.45, 7) is 1.87. The van der Waals surface area contributed by atoms with Gasteiger partial charge < -0.3 is 0 Å². The molecule has 0 aliphatic carbocycles. The molecule has 1 atom stereocenters. The molecule has 4 rings (SSSR count). The third-order valence-corrected chi connectivity index (χ3v) is 4.75. The molecule has 0 radical (unpaired) electrons. The first-order chi connectivity index (χ1) is 14.4. The van der Waals surface area contributed by atoms with E-state index in [9.17, 15) is 13.6 Å². The van der Waals surface area contributed by atoms with Crippen LogP contribution in [0.4, 0.5) is 8.78 Å². The summed E-state index contributed by atoms with van der Waals surface area (Å²) in [5, 5.41) is 8.62. The van der Waals surface area contributed by atoms with E-state index in [1.165, 1.54) is 18.3 Å². The molecule has 0 bridgehead atoms. The van der Waals surface area contributed by atoms with E-state index in [1.807, 2.05) is 13.0 Å². The monoisotopic (exact) mass is 408 g/mol. The summed E-state index contributed by atoms with van der Waals surface area (Å²) in [7, 11) is 1.80. The summed E-state index contributed by atoms with van der Waals surface area (Å²) < 4.78 is 29.2. The van der Waals surface area contributed by atoms with Gasteiger partial charge in [-0.05, 0) is 17.7 Å². The number of aromatic nitrogens is 6. The van der Waals surface area contributed by atoms with E-state index in [4.69, 9.17) is 0 Å². The zero-order chi connectivity index (χ0) is 21.3. The normalized spacial score (nSPS) is 12.3. The predicted octanol–water partition coefficient (Wildman–Crippen LogP) is 3.51. The Morgan fingerprint density at radius 3 is 2.70 bits per heavy atom. The summed E-state index contributed by atoms with van der Waals surface area (Å²) in [6, 6.07) is 9.82. The highest BCUT2D eigenvalue weighted by atomic mass is 19.3. The summed E-state index contributed by atoms with van der Waals surface area (Å²) in [4.78, 5) is 20.5. The maximum absolute atomic E-state index is 13.0. The van der Waals surface area contributed by atoms with Crippen molar-refractivity contribution >= 4 is 0 Å². The van der Waals surface area contributed by atoms with Crippen LogP contribution in [0.2, 0.25) is 0 Å². The van der Waals surface area contributed by atoms with Crippen molar-refractivity contribution in [3.63, 3.8) is 0 Å². The molecule has 1 aromatic carbocycles. The average molecular weight is 408 g/mol. The second kappa shape index (κ2) is 7.94. The van der Waals surface area contributed by atoms with Crippen molar-refractivity contribution in [2.45, 2.75) is 19.3 Å². The second-order valence-electron chi connectivity index (χ2n) is 6.83. The number of aryl methyl sites for hydroxylation is 1. The van der Waals surface area contributed by atoms with Crippen molar-refractivity contribution in [1.82, 2.24) is 29.5 Å². The summed E-state index contributed by atoms with van der Waals surface area (Å²) in [6.07, 6.45) is 3.68. The third kappa shape index (κ3) is 3.86. The maximum atomic E-state index is 13.0. The number of hydrogen-bond donors (Lipinski definition) is 0. The molecule has 152 valence electrons. The second-order valence-corrected chi connectivity index (χ2v) is 6.83. The molecule has 0 N–H and O–H groups in total. The molecule has 0 amide bonds. The SMILES string of the molecule is CC(c1cccc(-c2nccc(C(F)F)n2)c1)c1nn(-c2cnn(C)c2)ccc1=O. The van der Waals surface area contributed by atoms with Crippen molar-refractivity contribution in [1.29, 1.82) is 0 Å². The van der Waals surface area contributed by atoms with E-state index >= 15 is 0 Å². The average Bonchev–Trinajstić information content (AvgIpc) is 3.20. The van der Waals surface area contributed by atoms with Gasteiger partial charge in [0.1, 0.15) is 17.1 Å². The number of benzene rings is 1. The van der Waals surface area contributed by atoms with Gasteiger partial charge in [-0.15, -0.1) is 0 Å². The highest BCUT2D eigenvalue weighted by Crippen LogP contribution is 2.26. The first-order valence-corrected chi connectivity index (χ1v) is 9.22. The molecule has 9 heteroatoms. The zero-order valence-corrected chi connectivity index (χ0v) is 16.3. The molecule has 0 aliphatic rings. The fourth-order valence-corrected chi connectivity index (χ4v) is 3.13. The molecule has 3 heterocycles. The van der Waals surface area contributed by atoms with Gasteiger partial charge in [-0.25, -0.2) is 23.4 Å². The van der Waals surface area contributed by atoms with Gasteiger partial charge in [0.15, 0.2) is 5.82 Å². The van der Waals surface area contributed by atoms with E-state index in [1.54, 1.807) is 53.2 Å². The van der Waals surface area contributed by atoms with Gasteiger partial charge in [0.25, 0.3) is 6.43 Å². The van der Waals surface area contributed by atoms with Crippen LogP contribution >= 0.6 is 0 Å². The largest absolute Gasteiger partial charge is 0.288 e. The zero-order valence-electron chi connectivity index (χ0n) is 16.3. The lowest BCUT2D eigenvalue weighted by molar-refractivity contribution is 0.146. The van der Waals surface area contributed by atoms with Crippen molar-refractivity contribution in [3.05, 3.63) is 88.4 Å². The van der Waals surface area contributed by atoms with Gasteiger partial charge in [0.05, 0.1) is 12.4 Å². The van der Waals surface area contributed by atoms with Crippen molar-refractivity contribution in [2.24, 2.45) is 7.05 Å². The summed E-state index contributed by atoms with van der Waals surface area (Å²) in [5.41, 5.74) is 1.96. The van der Waals surface area contributed by atoms with E-state index in [0.717, 1.165) is 11.3 Å². The van der Waals surface area contributed by atoms with Crippen LogP contribution in [0, 0.1) is 0 Å². The molecule has 0 saturated carbocycles. The van der Waals surface area contributed by atoms with Gasteiger partial charge >= 0.3 is 0 Å². The van der Waals surface area contributed by atoms with E-state index in [-0.39, 0.29) is 22.9 Å². The minimum Gasteiger partial charge on any atom is -0.288 e. The summed E-state index contributed by atoms with van der Waals surface area (Å²) in [5.74, 6) is -0.129. The van der Waals surface area contributed by atoms with Gasteiger partial charge in [-0.3, -0.25) is 9.48 Å². The van der Waals surface area contributed by atoms with Crippen molar-refractivity contribution in [3.8, 4) is 17.1 Å². The molecule has 30 heavy (non-hydrogen) atoms. The lowest BCUT2D eigenvalue weighted by Gasteiger charge is -2.13. The van der Waals surface area contributed by atoms with Gasteiger partial charge in [-0.1, -0.05) is 25.1 Å². The lowest BCUT2D eigenvalue weighted by atomic mass is 9.95. The van der Waals surface area contributed by atoms with Gasteiger partial charge in [0, 0.05) is 37.0 Å². The Kier molecular flexibility index (Phi) is 5.18. The number of halogens is 2. The number of nitrogens with zero attached hydrogens (tertiary/aromatic N) is 6. The van der Waals surface area contributed by atoms with Gasteiger partial charge in [-0.2, -0.15) is 10.2 Å². The summed E-state index contributed by atoms with van der Waals surface area (Å²) >= 11 is 0. The minimum absolute atomic E-state index is 0.191. The smallest absolute Gasteiger partial charge is 0.280 e. The molecule has 0 spiro atoms. The van der Waals surface area contributed by atoms with Crippen LogP contribution in [-0.4, -0.2) is 29.5 Å². The molecule has 0 fully saturated rings. The predicted molar refractivity (Wildman–Crippen MR) is 107 cm³/mol. The molecule has 3 aromatic heterocycles. The standard InChI is InChI=1S/C21H18F2N6O/c1-13(19-18(30)7-9-29(27-19)16-11-25-28(2)12-16)14-4-3-5-15(10-14)21-24-8-6-17(26-21)20(22)23/h3-13,20H,1-2H3. The molecule has 7 nitrogen and oxygen atoms in total. The fraction of sp³-hybridized carbons (Fsp3) is 0.190. The Bertz CT molecular complexity index is 1250. The van der Waals surface area contributed by atoms with E-state index in [0.29, 0.717) is 11.3 Å². The molecular formula is C21H18F2N6O. The van der Waals surface area contributed by atoms with Crippen LogP contribution in [0.25, 0.3) is 17.1 Å². The first kappa shape index (κ1) is 19.6. The van der Waals surface area contributed by atoms with E-state index < -0.39 is 6.43 Å². The van der Waals surface area contributed by atoms with Crippen LogP contribution < -0.4 is 5.43 Å². The molecule has 0 saturated heterocycles. The molecule has 0 aliphatic heterocycles. The Morgan fingerprint density at radius 2 is 1.97 bits per heavy atom. The molecular weight excluding hydrogens is 390 g/mol. The lowest BCUT2D eigenvalue weighted by Crippen LogP contribution is -2.18. The van der Waals surface area contributed by atoms with Crippen LogP contribution in [0.5, 0.6) is 0 Å². The number of alkyl halides is 2. The highest BCUT2D eigenvalue weighted by Gasteiger charge is 2.17. The first-order valence-electron chi connectivity index (χ1n) is 9.22. The maximum Gasteiger partial charge on any atom is 0.280 e. The minimum atomic E-state index is -2.67. The highest BCUT2D eigenvalue weighted by molar-refractivity contribution is 5.57. The molecule has 4 aromatic rings. The fourth-order valence-electron chi connectivity index (χ4n) is 3.13. The topological polar surface area (TPSA) is 78.5 Å². The van der Waals surface area contributed by atoms with Crippen LogP contribution in [0.15, 0.2) is 66.0 Å². The Labute approximate surface area is 170 Å². The number of hydrogen-bond acceptors (Lipinski definition) is 5. The van der Waals surface area contributed by atoms with E-state index in [2.05, 4.69) is 20.2 Å². The number of rotatable bonds is 5. The third-order valence-electron chi connectivity index (χ3n) is 4.75.